The Balaban J connectivity index is 0.00000324. The molecule has 1 aromatic heterocycles. The molecule has 19 heavy (non-hydrogen) atoms. The fourth-order valence-electron chi connectivity index (χ4n) is 1.61. The average Bonchev–Trinajstić information content (AvgIpc) is 2.75. The van der Waals surface area contributed by atoms with Crippen molar-refractivity contribution < 1.29 is 4.79 Å². The van der Waals surface area contributed by atoms with E-state index in [1.807, 2.05) is 6.92 Å². The molecule has 1 atom stereocenters. The van der Waals surface area contributed by atoms with Gasteiger partial charge in [0.25, 0.3) is 5.91 Å². The smallest absolute Gasteiger partial charge is 0.270 e. The number of nitrogens with one attached hydrogen (secondary N) is 1. The van der Waals surface area contributed by atoms with Crippen molar-refractivity contribution in [2.24, 2.45) is 11.7 Å². The molecule has 0 fully saturated rings. The third kappa shape index (κ3) is 6.89. The molecule has 0 saturated carbocycles. The Kier molecular flexibility index (Phi) is 8.97. The first-order valence-electron chi connectivity index (χ1n) is 6.48. The first-order chi connectivity index (χ1) is 8.52. The standard InChI is InChI=1S/C13H23N3OS.ClH/c1-9(2)4-5-10(3)15-13(17)11-8-18-12(16-11)6-7-14;/h8-10H,4-7,14H2,1-3H3,(H,15,17);1H. The number of thiazole rings is 1. The summed E-state index contributed by atoms with van der Waals surface area (Å²) in [6.07, 6.45) is 2.86. The fraction of sp³-hybridized carbons (Fsp3) is 0.692. The third-order valence-electron chi connectivity index (χ3n) is 2.70. The molecule has 1 rings (SSSR count). The third-order valence-corrected chi connectivity index (χ3v) is 3.61. The van der Waals surface area contributed by atoms with Crippen LogP contribution in [0.5, 0.6) is 0 Å². The highest BCUT2D eigenvalue weighted by atomic mass is 35.5. The molecule has 0 aromatic carbocycles. The molecule has 1 unspecified atom stereocenters. The lowest BCUT2D eigenvalue weighted by Crippen LogP contribution is -2.33. The van der Waals surface area contributed by atoms with Crippen molar-refractivity contribution in [3.63, 3.8) is 0 Å². The van der Waals surface area contributed by atoms with E-state index >= 15 is 0 Å². The number of hydrogen-bond donors (Lipinski definition) is 2. The van der Waals surface area contributed by atoms with E-state index < -0.39 is 0 Å². The minimum Gasteiger partial charge on any atom is -0.348 e. The first kappa shape index (κ1) is 18.4. The van der Waals surface area contributed by atoms with Crippen LogP contribution in [0.15, 0.2) is 5.38 Å². The molecule has 1 aromatic rings. The maximum atomic E-state index is 11.9. The molecule has 110 valence electrons. The topological polar surface area (TPSA) is 68.0 Å². The fourth-order valence-corrected chi connectivity index (χ4v) is 2.40. The number of rotatable bonds is 7. The van der Waals surface area contributed by atoms with Gasteiger partial charge in [-0.1, -0.05) is 13.8 Å². The Labute approximate surface area is 125 Å². The lowest BCUT2D eigenvalue weighted by Gasteiger charge is -2.14. The van der Waals surface area contributed by atoms with Crippen molar-refractivity contribution in [2.75, 3.05) is 6.54 Å². The zero-order valence-corrected chi connectivity index (χ0v) is 13.4. The van der Waals surface area contributed by atoms with Gasteiger partial charge in [-0.15, -0.1) is 23.7 Å². The van der Waals surface area contributed by atoms with Crippen molar-refractivity contribution in [3.05, 3.63) is 16.1 Å². The van der Waals surface area contributed by atoms with E-state index in [9.17, 15) is 4.79 Å². The number of nitrogens with zero attached hydrogens (tertiary/aromatic N) is 1. The normalized spacial score (nSPS) is 12.1. The molecular formula is C13H24ClN3OS. The number of carbonyl (C=O) groups is 1. The summed E-state index contributed by atoms with van der Waals surface area (Å²) >= 11 is 1.50. The van der Waals surface area contributed by atoms with Gasteiger partial charge in [-0.2, -0.15) is 0 Å². The van der Waals surface area contributed by atoms with Crippen LogP contribution in [0, 0.1) is 5.92 Å². The summed E-state index contributed by atoms with van der Waals surface area (Å²) in [7, 11) is 0. The molecule has 0 bridgehead atoms. The predicted octanol–water partition coefficient (Wildman–Crippen LogP) is 2.62. The van der Waals surface area contributed by atoms with Crippen molar-refractivity contribution in [3.8, 4) is 0 Å². The van der Waals surface area contributed by atoms with Crippen molar-refractivity contribution >= 4 is 29.7 Å². The molecular weight excluding hydrogens is 282 g/mol. The maximum Gasteiger partial charge on any atom is 0.270 e. The van der Waals surface area contributed by atoms with E-state index in [-0.39, 0.29) is 24.4 Å². The maximum absolute atomic E-state index is 11.9. The lowest BCUT2D eigenvalue weighted by atomic mass is 10.0. The molecule has 0 aliphatic heterocycles. The second-order valence-electron chi connectivity index (χ2n) is 5.01. The molecule has 1 amide bonds. The number of amides is 1. The number of hydrogen-bond acceptors (Lipinski definition) is 4. The number of carbonyl (C=O) groups excluding carboxylic acids is 1. The van der Waals surface area contributed by atoms with Crippen LogP contribution in [0.25, 0.3) is 0 Å². The van der Waals surface area contributed by atoms with Crippen LogP contribution in [0.2, 0.25) is 0 Å². The van der Waals surface area contributed by atoms with Crippen LogP contribution in [0.4, 0.5) is 0 Å². The Morgan fingerprint density at radius 2 is 2.11 bits per heavy atom. The van der Waals surface area contributed by atoms with Gasteiger partial charge in [0.2, 0.25) is 0 Å². The van der Waals surface area contributed by atoms with E-state index in [0.717, 1.165) is 24.3 Å². The highest BCUT2D eigenvalue weighted by Crippen LogP contribution is 2.11. The van der Waals surface area contributed by atoms with E-state index in [1.165, 1.54) is 11.3 Å². The quantitative estimate of drug-likeness (QED) is 0.813. The van der Waals surface area contributed by atoms with Crippen LogP contribution in [-0.4, -0.2) is 23.5 Å². The second kappa shape index (κ2) is 9.28. The monoisotopic (exact) mass is 305 g/mol. The number of halogens is 1. The zero-order valence-electron chi connectivity index (χ0n) is 11.8. The van der Waals surface area contributed by atoms with Gasteiger partial charge in [0.15, 0.2) is 0 Å². The molecule has 3 N–H and O–H groups in total. The molecule has 4 nitrogen and oxygen atoms in total. The van der Waals surface area contributed by atoms with E-state index in [4.69, 9.17) is 5.73 Å². The Bertz CT molecular complexity index is 382. The van der Waals surface area contributed by atoms with E-state index in [2.05, 4.69) is 24.1 Å². The lowest BCUT2D eigenvalue weighted by molar-refractivity contribution is 0.0932. The molecule has 0 aliphatic rings. The summed E-state index contributed by atoms with van der Waals surface area (Å²) in [5.41, 5.74) is 5.97. The molecule has 1 heterocycles. The van der Waals surface area contributed by atoms with Crippen LogP contribution >= 0.6 is 23.7 Å². The molecule has 0 spiro atoms. The van der Waals surface area contributed by atoms with Gasteiger partial charge in [0.1, 0.15) is 5.69 Å². The number of nitrogens with two attached hydrogens (primary N) is 1. The van der Waals surface area contributed by atoms with Crippen LogP contribution in [-0.2, 0) is 6.42 Å². The summed E-state index contributed by atoms with van der Waals surface area (Å²) in [5.74, 6) is 0.588. The first-order valence-corrected chi connectivity index (χ1v) is 7.36. The van der Waals surface area contributed by atoms with Crippen molar-refractivity contribution in [2.45, 2.75) is 46.1 Å². The van der Waals surface area contributed by atoms with E-state index in [0.29, 0.717) is 18.2 Å². The average molecular weight is 306 g/mol. The van der Waals surface area contributed by atoms with Crippen LogP contribution in [0.1, 0.15) is 49.1 Å². The summed E-state index contributed by atoms with van der Waals surface area (Å²) in [5, 5.41) is 5.71. The van der Waals surface area contributed by atoms with Gasteiger partial charge in [-0.3, -0.25) is 4.79 Å². The SMILES string of the molecule is CC(C)CCC(C)NC(=O)c1csc(CCN)n1.Cl. The minimum absolute atomic E-state index is 0. The largest absolute Gasteiger partial charge is 0.348 e. The van der Waals surface area contributed by atoms with Gasteiger partial charge in [-0.25, -0.2) is 4.98 Å². The molecule has 6 heteroatoms. The zero-order chi connectivity index (χ0) is 13.5. The highest BCUT2D eigenvalue weighted by Gasteiger charge is 2.13. The summed E-state index contributed by atoms with van der Waals surface area (Å²) < 4.78 is 0. The van der Waals surface area contributed by atoms with Crippen LogP contribution < -0.4 is 11.1 Å². The summed E-state index contributed by atoms with van der Waals surface area (Å²) in [6, 6.07) is 0.194. The minimum atomic E-state index is -0.0780. The molecule has 0 radical (unpaired) electrons. The molecule has 0 aliphatic carbocycles. The highest BCUT2D eigenvalue weighted by molar-refractivity contribution is 7.09. The van der Waals surface area contributed by atoms with E-state index in [1.54, 1.807) is 5.38 Å². The van der Waals surface area contributed by atoms with Crippen LogP contribution in [0.3, 0.4) is 0 Å². The summed E-state index contributed by atoms with van der Waals surface area (Å²) in [6.45, 7) is 6.98. The molecule has 0 saturated heterocycles. The second-order valence-corrected chi connectivity index (χ2v) is 5.95. The number of aromatic nitrogens is 1. The van der Waals surface area contributed by atoms with Gasteiger partial charge in [0, 0.05) is 17.8 Å². The van der Waals surface area contributed by atoms with Gasteiger partial charge < -0.3 is 11.1 Å². The Morgan fingerprint density at radius 3 is 2.68 bits per heavy atom. The Morgan fingerprint density at radius 1 is 1.42 bits per heavy atom. The van der Waals surface area contributed by atoms with Gasteiger partial charge in [-0.05, 0) is 32.2 Å². The van der Waals surface area contributed by atoms with Crippen molar-refractivity contribution in [1.82, 2.24) is 10.3 Å². The summed E-state index contributed by atoms with van der Waals surface area (Å²) in [4.78, 5) is 16.2. The predicted molar refractivity (Wildman–Crippen MR) is 83.1 cm³/mol. The van der Waals surface area contributed by atoms with Gasteiger partial charge >= 0.3 is 0 Å². The Hall–Kier alpha value is -0.650. The van der Waals surface area contributed by atoms with Gasteiger partial charge in [0.05, 0.1) is 5.01 Å². The van der Waals surface area contributed by atoms with Crippen molar-refractivity contribution in [1.29, 1.82) is 0 Å².